The smallest absolute Gasteiger partial charge is 0.369 e. The van der Waals surface area contributed by atoms with Crippen LogP contribution in [0, 0.1) is 0 Å². The summed E-state index contributed by atoms with van der Waals surface area (Å²) in [5.41, 5.74) is 8.01. The summed E-state index contributed by atoms with van der Waals surface area (Å²) in [7, 11) is 2.11. The number of nitrogens with zero attached hydrogens (tertiary/aromatic N) is 4. The molecule has 1 amide bonds. The van der Waals surface area contributed by atoms with E-state index >= 15 is 0 Å². The Morgan fingerprint density at radius 2 is 1.64 bits per heavy atom. The van der Waals surface area contributed by atoms with Gasteiger partial charge in [-0.25, -0.2) is 9.97 Å². The van der Waals surface area contributed by atoms with E-state index < -0.39 is 17.6 Å². The van der Waals surface area contributed by atoms with Gasteiger partial charge in [0.1, 0.15) is 5.82 Å². The fourth-order valence-corrected chi connectivity index (χ4v) is 4.46. The molecule has 2 N–H and O–H groups in total. The Bertz CT molecular complexity index is 1190. The summed E-state index contributed by atoms with van der Waals surface area (Å²) in [6, 6.07) is 15.2. The first-order valence-corrected chi connectivity index (χ1v) is 12.0. The average molecular weight is 498 g/mol. The molecule has 3 aromatic rings. The number of rotatable bonds is 8. The van der Waals surface area contributed by atoms with Crippen molar-refractivity contribution in [3.63, 3.8) is 0 Å². The topological polar surface area (TPSA) is 75.3 Å². The van der Waals surface area contributed by atoms with Crippen molar-refractivity contribution in [3.05, 3.63) is 88.5 Å². The van der Waals surface area contributed by atoms with Crippen LogP contribution in [0.5, 0.6) is 0 Å². The summed E-state index contributed by atoms with van der Waals surface area (Å²) >= 11 is 0. The Hall–Kier alpha value is -3.46. The molecule has 6 nitrogen and oxygen atoms in total. The molecule has 0 radical (unpaired) electrons. The van der Waals surface area contributed by atoms with E-state index in [-0.39, 0.29) is 18.5 Å². The quantitative estimate of drug-likeness (QED) is 0.514. The SMILES string of the molecule is CN1CCN(c2ccc(Cc3ncc(C(F)(F)F)c(CCc4ccccc4CC(N)=O)n3)cc2)CC1. The van der Waals surface area contributed by atoms with Gasteiger partial charge in [-0.15, -0.1) is 0 Å². The number of amides is 1. The van der Waals surface area contributed by atoms with Gasteiger partial charge in [0.15, 0.2) is 0 Å². The molecule has 0 bridgehead atoms. The number of benzene rings is 2. The van der Waals surface area contributed by atoms with E-state index in [1.54, 1.807) is 24.3 Å². The second kappa shape index (κ2) is 11.1. The molecule has 9 heteroatoms. The van der Waals surface area contributed by atoms with Crippen molar-refractivity contribution in [3.8, 4) is 0 Å². The predicted molar refractivity (Wildman–Crippen MR) is 133 cm³/mol. The zero-order valence-corrected chi connectivity index (χ0v) is 20.3. The Balaban J connectivity index is 1.50. The lowest BCUT2D eigenvalue weighted by Crippen LogP contribution is -2.44. The van der Waals surface area contributed by atoms with Gasteiger partial charge in [0.2, 0.25) is 5.91 Å². The number of hydrogen-bond donors (Lipinski definition) is 1. The Morgan fingerprint density at radius 1 is 0.972 bits per heavy atom. The number of carbonyl (C=O) groups is 1. The lowest BCUT2D eigenvalue weighted by atomic mass is 9.98. The number of anilines is 1. The number of aromatic nitrogens is 2. The molecule has 2 aromatic carbocycles. The van der Waals surface area contributed by atoms with Crippen molar-refractivity contribution in [2.45, 2.75) is 31.9 Å². The van der Waals surface area contributed by atoms with Crippen molar-refractivity contribution in [2.75, 3.05) is 38.1 Å². The first-order chi connectivity index (χ1) is 17.2. The second-order valence-corrected chi connectivity index (χ2v) is 9.19. The third-order valence-electron chi connectivity index (χ3n) is 6.50. The van der Waals surface area contributed by atoms with Crippen molar-refractivity contribution in [1.82, 2.24) is 14.9 Å². The molecule has 1 aliphatic heterocycles. The molecular weight excluding hydrogens is 467 g/mol. The first-order valence-electron chi connectivity index (χ1n) is 12.0. The van der Waals surface area contributed by atoms with E-state index in [0.717, 1.165) is 49.2 Å². The second-order valence-electron chi connectivity index (χ2n) is 9.19. The molecule has 1 aromatic heterocycles. The monoisotopic (exact) mass is 497 g/mol. The normalized spacial score (nSPS) is 14.7. The van der Waals surface area contributed by atoms with Gasteiger partial charge in [0, 0.05) is 44.5 Å². The molecule has 190 valence electrons. The van der Waals surface area contributed by atoms with Gasteiger partial charge >= 0.3 is 6.18 Å². The number of alkyl halides is 3. The van der Waals surface area contributed by atoms with E-state index in [1.165, 1.54) is 0 Å². The van der Waals surface area contributed by atoms with Crippen molar-refractivity contribution >= 4 is 11.6 Å². The molecular formula is C27H30F3N5O. The van der Waals surface area contributed by atoms with Gasteiger partial charge in [-0.2, -0.15) is 13.2 Å². The fourth-order valence-electron chi connectivity index (χ4n) is 4.46. The maximum absolute atomic E-state index is 13.7. The molecule has 1 fully saturated rings. The lowest BCUT2D eigenvalue weighted by molar-refractivity contribution is -0.138. The number of halogens is 3. The molecule has 0 spiro atoms. The van der Waals surface area contributed by atoms with Gasteiger partial charge < -0.3 is 15.5 Å². The maximum atomic E-state index is 13.7. The number of hydrogen-bond acceptors (Lipinski definition) is 5. The van der Waals surface area contributed by atoms with Crippen LogP contribution in [-0.2, 0) is 36.7 Å². The minimum atomic E-state index is -4.55. The Kier molecular flexibility index (Phi) is 7.88. The van der Waals surface area contributed by atoms with Crippen LogP contribution in [0.15, 0.2) is 54.7 Å². The zero-order valence-electron chi connectivity index (χ0n) is 20.3. The van der Waals surface area contributed by atoms with E-state index in [4.69, 9.17) is 5.73 Å². The van der Waals surface area contributed by atoms with E-state index in [1.807, 2.05) is 24.3 Å². The zero-order chi connectivity index (χ0) is 25.7. The molecule has 0 saturated carbocycles. The van der Waals surface area contributed by atoms with E-state index in [9.17, 15) is 18.0 Å². The van der Waals surface area contributed by atoms with Crippen LogP contribution in [0.25, 0.3) is 0 Å². The first kappa shape index (κ1) is 25.6. The van der Waals surface area contributed by atoms with Gasteiger partial charge in [-0.05, 0) is 48.7 Å². The van der Waals surface area contributed by atoms with Crippen molar-refractivity contribution in [1.29, 1.82) is 0 Å². The molecule has 36 heavy (non-hydrogen) atoms. The maximum Gasteiger partial charge on any atom is 0.419 e. The number of likely N-dealkylation sites (N-methyl/N-ethyl adjacent to an activating group) is 1. The number of nitrogens with two attached hydrogens (primary N) is 1. The van der Waals surface area contributed by atoms with Gasteiger partial charge in [-0.3, -0.25) is 4.79 Å². The highest BCUT2D eigenvalue weighted by atomic mass is 19.4. The van der Waals surface area contributed by atoms with Crippen molar-refractivity contribution in [2.24, 2.45) is 5.73 Å². The van der Waals surface area contributed by atoms with Gasteiger partial charge in [0.05, 0.1) is 17.7 Å². The molecule has 4 rings (SSSR count). The molecule has 0 atom stereocenters. The standard InChI is InChI=1S/C27H30F3N5O/c1-34-12-14-35(15-13-34)22-9-6-19(7-10-22)16-26-32-18-23(27(28,29)30)24(33-26)11-8-20-4-2-3-5-21(20)17-25(31)36/h2-7,9-10,18H,8,11-17H2,1H3,(H2,31,36). The van der Waals surface area contributed by atoms with Crippen LogP contribution in [0.3, 0.4) is 0 Å². The van der Waals surface area contributed by atoms with Crippen LogP contribution in [0.4, 0.5) is 18.9 Å². The predicted octanol–water partition coefficient (Wildman–Crippen LogP) is 3.65. The highest BCUT2D eigenvalue weighted by Gasteiger charge is 2.34. The highest BCUT2D eigenvalue weighted by molar-refractivity contribution is 5.77. The number of aryl methyl sites for hydroxylation is 2. The summed E-state index contributed by atoms with van der Waals surface area (Å²) in [6.45, 7) is 3.95. The molecule has 0 unspecified atom stereocenters. The summed E-state index contributed by atoms with van der Waals surface area (Å²) < 4.78 is 41.0. The van der Waals surface area contributed by atoms with E-state index in [2.05, 4.69) is 26.8 Å². The fraction of sp³-hybridized carbons (Fsp3) is 0.370. The summed E-state index contributed by atoms with van der Waals surface area (Å²) in [5.74, 6) is -0.142. The number of piperazine rings is 1. The van der Waals surface area contributed by atoms with Crippen LogP contribution in [0.1, 0.15) is 33.8 Å². The Labute approximate surface area is 209 Å². The third kappa shape index (κ3) is 6.60. The lowest BCUT2D eigenvalue weighted by Gasteiger charge is -2.34. The van der Waals surface area contributed by atoms with Crippen LogP contribution >= 0.6 is 0 Å². The van der Waals surface area contributed by atoms with Crippen LogP contribution in [0.2, 0.25) is 0 Å². The third-order valence-corrected chi connectivity index (χ3v) is 6.50. The van der Waals surface area contributed by atoms with Crippen LogP contribution < -0.4 is 10.6 Å². The largest absolute Gasteiger partial charge is 0.419 e. The average Bonchev–Trinajstić information content (AvgIpc) is 2.84. The van der Waals surface area contributed by atoms with Crippen molar-refractivity contribution < 1.29 is 18.0 Å². The summed E-state index contributed by atoms with van der Waals surface area (Å²) in [6.07, 6.45) is -2.91. The van der Waals surface area contributed by atoms with Gasteiger partial charge in [0.25, 0.3) is 0 Å². The minimum absolute atomic E-state index is 0.0431. The number of carbonyl (C=O) groups excluding carboxylic acids is 1. The molecule has 0 aliphatic carbocycles. The minimum Gasteiger partial charge on any atom is -0.369 e. The molecule has 1 aliphatic rings. The highest BCUT2D eigenvalue weighted by Crippen LogP contribution is 2.32. The number of primary amides is 1. The van der Waals surface area contributed by atoms with Crippen LogP contribution in [-0.4, -0.2) is 54.0 Å². The molecule has 1 saturated heterocycles. The van der Waals surface area contributed by atoms with E-state index in [0.29, 0.717) is 24.2 Å². The Morgan fingerprint density at radius 3 is 2.28 bits per heavy atom. The summed E-state index contributed by atoms with van der Waals surface area (Å²) in [5, 5.41) is 0. The molecule has 2 heterocycles. The summed E-state index contributed by atoms with van der Waals surface area (Å²) in [4.78, 5) is 24.3. The van der Waals surface area contributed by atoms with Gasteiger partial charge in [-0.1, -0.05) is 36.4 Å².